The number of hydrogen-bond donors (Lipinski definition) is 0. The molecule has 1 aromatic carbocycles. The van der Waals surface area contributed by atoms with Crippen LogP contribution in [0.15, 0.2) is 18.2 Å². The van der Waals surface area contributed by atoms with Crippen LogP contribution in [0.4, 0.5) is 4.79 Å². The highest BCUT2D eigenvalue weighted by Gasteiger charge is 2.38. The van der Waals surface area contributed by atoms with Crippen LogP contribution in [-0.2, 0) is 13.8 Å². The van der Waals surface area contributed by atoms with E-state index < -0.39 is 13.3 Å². The van der Waals surface area contributed by atoms with Gasteiger partial charge in [-0.25, -0.2) is 9.36 Å². The van der Waals surface area contributed by atoms with Crippen LogP contribution in [0.25, 0.3) is 0 Å². The molecule has 0 bridgehead atoms. The van der Waals surface area contributed by atoms with Crippen molar-refractivity contribution in [3.63, 3.8) is 0 Å². The molecule has 100 valence electrons. The van der Waals surface area contributed by atoms with E-state index in [2.05, 4.69) is 4.74 Å². The number of ether oxygens (including phenoxy) is 1. The molecule has 0 N–H and O–H groups in total. The van der Waals surface area contributed by atoms with E-state index in [-0.39, 0.29) is 6.61 Å². The number of aryl methyl sites for hydroxylation is 2. The van der Waals surface area contributed by atoms with Crippen molar-refractivity contribution in [3.8, 4) is 5.75 Å². The third-order valence-electron chi connectivity index (χ3n) is 2.32. The number of methoxy groups -OCH3 is 1. The lowest BCUT2D eigenvalue weighted by atomic mass is 10.1. The number of para-hydroxylation sites is 1. The van der Waals surface area contributed by atoms with Gasteiger partial charge in [-0.3, -0.25) is 4.52 Å². The van der Waals surface area contributed by atoms with Crippen molar-refractivity contribution < 1.29 is 23.1 Å². The molecular weight excluding hydrogens is 255 g/mol. The standard InChI is InChI=1S/C12H17O5P/c1-5-16-18(14,12(13)15-4)17-11-9(2)7-6-8-10(11)3/h6-8H,5H2,1-4H3. The number of hydrogen-bond acceptors (Lipinski definition) is 5. The summed E-state index contributed by atoms with van der Waals surface area (Å²) in [5.74, 6) is 0.389. The number of benzene rings is 1. The van der Waals surface area contributed by atoms with Gasteiger partial charge in [0.15, 0.2) is 0 Å². The van der Waals surface area contributed by atoms with Crippen molar-refractivity contribution in [1.82, 2.24) is 0 Å². The molecule has 18 heavy (non-hydrogen) atoms. The molecule has 0 radical (unpaired) electrons. The molecule has 1 aromatic rings. The Kier molecular flexibility index (Phi) is 4.93. The molecule has 0 heterocycles. The van der Waals surface area contributed by atoms with Gasteiger partial charge in [0.2, 0.25) is 0 Å². The van der Waals surface area contributed by atoms with E-state index in [0.717, 1.165) is 18.2 Å². The Morgan fingerprint density at radius 2 is 1.83 bits per heavy atom. The Morgan fingerprint density at radius 3 is 2.28 bits per heavy atom. The first-order valence-corrected chi connectivity index (χ1v) is 7.07. The zero-order valence-electron chi connectivity index (χ0n) is 10.9. The number of carbonyl (C=O) groups is 1. The summed E-state index contributed by atoms with van der Waals surface area (Å²) in [5.41, 5.74) is 0.560. The fourth-order valence-electron chi connectivity index (χ4n) is 1.46. The smallest absolute Gasteiger partial charge is 0.459 e. The predicted molar refractivity (Wildman–Crippen MR) is 68.2 cm³/mol. The monoisotopic (exact) mass is 272 g/mol. The van der Waals surface area contributed by atoms with Crippen LogP contribution in [0.1, 0.15) is 18.1 Å². The van der Waals surface area contributed by atoms with Crippen molar-refractivity contribution in [3.05, 3.63) is 29.3 Å². The molecule has 0 saturated carbocycles. The highest BCUT2D eigenvalue weighted by molar-refractivity contribution is 7.71. The van der Waals surface area contributed by atoms with Crippen molar-refractivity contribution in [2.45, 2.75) is 20.8 Å². The maximum Gasteiger partial charge on any atom is 0.487 e. The second kappa shape index (κ2) is 6.03. The van der Waals surface area contributed by atoms with E-state index in [4.69, 9.17) is 9.05 Å². The highest BCUT2D eigenvalue weighted by atomic mass is 31.2. The largest absolute Gasteiger partial charge is 0.487 e. The maximum absolute atomic E-state index is 12.3. The lowest BCUT2D eigenvalue weighted by Crippen LogP contribution is -2.10. The zero-order valence-corrected chi connectivity index (χ0v) is 11.8. The van der Waals surface area contributed by atoms with Gasteiger partial charge in [-0.2, -0.15) is 0 Å². The minimum atomic E-state index is -3.95. The molecule has 1 rings (SSSR count). The summed E-state index contributed by atoms with van der Waals surface area (Å²) in [6.45, 7) is 5.33. The van der Waals surface area contributed by atoms with E-state index in [0.29, 0.717) is 5.75 Å². The molecule has 0 aromatic heterocycles. The van der Waals surface area contributed by atoms with Crippen LogP contribution in [0.3, 0.4) is 0 Å². The lowest BCUT2D eigenvalue weighted by Gasteiger charge is -2.18. The lowest BCUT2D eigenvalue weighted by molar-refractivity contribution is 0.180. The van der Waals surface area contributed by atoms with Gasteiger partial charge >= 0.3 is 13.3 Å². The SMILES string of the molecule is CCOP(=O)(Oc1c(C)cccc1C)C(=O)OC. The summed E-state index contributed by atoms with van der Waals surface area (Å²) in [5, 5.41) is 0. The topological polar surface area (TPSA) is 61.8 Å². The first-order chi connectivity index (χ1) is 8.44. The Balaban J connectivity index is 3.12. The van der Waals surface area contributed by atoms with Crippen molar-refractivity contribution in [2.75, 3.05) is 13.7 Å². The fourth-order valence-corrected chi connectivity index (χ4v) is 2.79. The van der Waals surface area contributed by atoms with Crippen LogP contribution in [0.2, 0.25) is 0 Å². The van der Waals surface area contributed by atoms with Crippen molar-refractivity contribution in [2.24, 2.45) is 0 Å². The molecule has 0 aliphatic rings. The number of carbonyl (C=O) groups excluding carboxylic acids is 1. The summed E-state index contributed by atoms with van der Waals surface area (Å²) in [4.78, 5) is 11.5. The van der Waals surface area contributed by atoms with Crippen molar-refractivity contribution >= 4 is 13.3 Å². The molecule has 0 aliphatic carbocycles. The Bertz CT molecular complexity index is 463. The molecule has 0 amide bonds. The molecule has 6 heteroatoms. The third kappa shape index (κ3) is 3.12. The van der Waals surface area contributed by atoms with Crippen molar-refractivity contribution in [1.29, 1.82) is 0 Å². The zero-order chi connectivity index (χ0) is 13.8. The Hall–Kier alpha value is -1.32. The minimum absolute atomic E-state index is 0.0946. The van der Waals surface area contributed by atoms with Gasteiger partial charge in [-0.15, -0.1) is 0 Å². The molecule has 0 spiro atoms. The average molecular weight is 272 g/mol. The summed E-state index contributed by atoms with van der Waals surface area (Å²) in [7, 11) is -2.81. The molecule has 1 unspecified atom stereocenters. The number of rotatable bonds is 5. The van der Waals surface area contributed by atoms with Crippen LogP contribution < -0.4 is 4.52 Å². The van der Waals surface area contributed by atoms with E-state index >= 15 is 0 Å². The molecule has 5 nitrogen and oxygen atoms in total. The predicted octanol–water partition coefficient (Wildman–Crippen LogP) is 3.68. The van der Waals surface area contributed by atoms with Crippen LogP contribution in [0.5, 0.6) is 5.75 Å². The average Bonchev–Trinajstić information content (AvgIpc) is 2.33. The Labute approximate surface area is 107 Å². The first-order valence-electron chi connectivity index (χ1n) is 5.53. The first kappa shape index (κ1) is 14.7. The van der Waals surface area contributed by atoms with Crippen LogP contribution in [-0.4, -0.2) is 19.4 Å². The summed E-state index contributed by atoms with van der Waals surface area (Å²) >= 11 is 0. The van der Waals surface area contributed by atoms with Crippen LogP contribution in [0, 0.1) is 13.8 Å². The summed E-state index contributed by atoms with van der Waals surface area (Å²) in [6.07, 6.45) is 0. The van der Waals surface area contributed by atoms with Gasteiger partial charge < -0.3 is 9.26 Å². The second-order valence-corrected chi connectivity index (χ2v) is 5.50. The highest BCUT2D eigenvalue weighted by Crippen LogP contribution is 2.51. The van der Waals surface area contributed by atoms with Gasteiger partial charge in [-0.1, -0.05) is 18.2 Å². The van der Waals surface area contributed by atoms with Gasteiger partial charge in [0, 0.05) is 0 Å². The molecular formula is C12H17O5P. The summed E-state index contributed by atoms with van der Waals surface area (Å²) < 4.78 is 27.0. The molecule has 0 saturated heterocycles. The van der Waals surface area contributed by atoms with E-state index in [1.165, 1.54) is 0 Å². The maximum atomic E-state index is 12.3. The fraction of sp³-hybridized carbons (Fsp3) is 0.417. The van der Waals surface area contributed by atoms with Gasteiger partial charge in [0.25, 0.3) is 0 Å². The van der Waals surface area contributed by atoms with E-state index in [1.807, 2.05) is 6.07 Å². The minimum Gasteiger partial charge on any atom is -0.459 e. The van der Waals surface area contributed by atoms with E-state index in [9.17, 15) is 9.36 Å². The second-order valence-electron chi connectivity index (χ2n) is 3.70. The van der Waals surface area contributed by atoms with E-state index in [1.54, 1.807) is 32.9 Å². The Morgan fingerprint density at radius 1 is 1.28 bits per heavy atom. The van der Waals surface area contributed by atoms with Gasteiger partial charge in [0.1, 0.15) is 5.75 Å². The quantitative estimate of drug-likeness (QED) is 0.765. The van der Waals surface area contributed by atoms with Crippen LogP contribution >= 0.6 is 7.60 Å². The van der Waals surface area contributed by atoms with Gasteiger partial charge in [-0.05, 0) is 31.9 Å². The normalized spacial score (nSPS) is 13.8. The summed E-state index contributed by atoms with van der Waals surface area (Å²) in [6, 6.07) is 5.45. The molecule has 0 fully saturated rings. The van der Waals surface area contributed by atoms with Gasteiger partial charge in [0.05, 0.1) is 13.7 Å². The third-order valence-corrected chi connectivity index (χ3v) is 3.97. The molecule has 0 aliphatic heterocycles. The molecule has 1 atom stereocenters.